The average molecular weight is 482 g/mol. The Hall–Kier alpha value is -4.25. The second kappa shape index (κ2) is 8.84. The molecule has 7 nitrogen and oxygen atoms in total. The minimum atomic E-state index is -4.59. The van der Waals surface area contributed by atoms with Crippen molar-refractivity contribution in [3.05, 3.63) is 83.8 Å². The van der Waals surface area contributed by atoms with Crippen LogP contribution in [0.15, 0.2) is 66.9 Å². The maximum Gasteiger partial charge on any atom is 0.405 e. The van der Waals surface area contributed by atoms with Gasteiger partial charge in [-0.05, 0) is 48.0 Å². The molecule has 11 heteroatoms. The summed E-state index contributed by atoms with van der Waals surface area (Å²) >= 11 is 0. The molecule has 0 aliphatic carbocycles. The third-order valence-electron chi connectivity index (χ3n) is 5.42. The number of nitrogens with one attached hydrogen (secondary N) is 3. The third-order valence-corrected chi connectivity index (χ3v) is 5.42. The molecule has 1 aliphatic heterocycles. The number of carbonyl (C=O) groups is 1. The van der Waals surface area contributed by atoms with Gasteiger partial charge < -0.3 is 10.7 Å². The van der Waals surface area contributed by atoms with Gasteiger partial charge in [0, 0.05) is 17.1 Å². The molecule has 0 bridgehead atoms. The number of hydrogen-bond donors (Lipinski definition) is 3. The van der Waals surface area contributed by atoms with Crippen LogP contribution in [0.2, 0.25) is 0 Å². The molecule has 1 amide bonds. The average Bonchev–Trinajstić information content (AvgIpc) is 3.24. The number of amides is 1. The zero-order valence-corrected chi connectivity index (χ0v) is 18.0. The predicted molar refractivity (Wildman–Crippen MR) is 123 cm³/mol. The molecule has 0 atom stereocenters. The Morgan fingerprint density at radius 2 is 1.91 bits per heavy atom. The first kappa shape index (κ1) is 22.5. The molecular weight excluding hydrogens is 464 g/mol. The number of nitrogens with zero attached hydrogens (tertiary/aromatic N) is 3. The van der Waals surface area contributed by atoms with Crippen LogP contribution in [0.1, 0.15) is 15.9 Å². The first-order valence-electron chi connectivity index (χ1n) is 10.6. The number of rotatable bonds is 5. The van der Waals surface area contributed by atoms with Crippen LogP contribution in [0, 0.1) is 5.82 Å². The van der Waals surface area contributed by atoms with Crippen LogP contribution in [0.3, 0.4) is 0 Å². The topological polar surface area (TPSA) is 82.2 Å². The van der Waals surface area contributed by atoms with Crippen LogP contribution < -0.4 is 21.3 Å². The maximum absolute atomic E-state index is 14.6. The molecule has 178 valence electrons. The van der Waals surface area contributed by atoms with Gasteiger partial charge in [0.05, 0.1) is 29.0 Å². The van der Waals surface area contributed by atoms with Gasteiger partial charge in [-0.3, -0.25) is 14.8 Å². The molecule has 0 saturated carbocycles. The fraction of sp³-hybridized carbons (Fsp3) is 0.125. The maximum atomic E-state index is 14.6. The van der Waals surface area contributed by atoms with Crippen molar-refractivity contribution in [2.24, 2.45) is 0 Å². The van der Waals surface area contributed by atoms with Gasteiger partial charge >= 0.3 is 6.18 Å². The number of halogens is 4. The van der Waals surface area contributed by atoms with E-state index in [0.717, 1.165) is 34.3 Å². The molecule has 2 aromatic carbocycles. The van der Waals surface area contributed by atoms with Crippen molar-refractivity contribution in [2.45, 2.75) is 12.7 Å². The third kappa shape index (κ3) is 4.85. The molecule has 4 aromatic rings. The van der Waals surface area contributed by atoms with Crippen LogP contribution in [0.4, 0.5) is 29.1 Å². The SMILES string of the molecule is O=C(NCC(F)(F)F)c1ccc(-c2ccc3c(n2)N(Cc2ccc4ncccc4c2)NN3)cc1F. The number of pyridine rings is 2. The van der Waals surface area contributed by atoms with Crippen molar-refractivity contribution in [1.29, 1.82) is 0 Å². The van der Waals surface area contributed by atoms with Gasteiger partial charge in [0.25, 0.3) is 5.91 Å². The summed E-state index contributed by atoms with van der Waals surface area (Å²) in [6.45, 7) is -1.06. The van der Waals surface area contributed by atoms with Gasteiger partial charge in [-0.2, -0.15) is 13.2 Å². The number of fused-ring (bicyclic) bond motifs is 2. The van der Waals surface area contributed by atoms with Crippen molar-refractivity contribution in [3.8, 4) is 11.3 Å². The smallest absolute Gasteiger partial charge is 0.343 e. The highest BCUT2D eigenvalue weighted by molar-refractivity contribution is 5.95. The first-order valence-corrected chi connectivity index (χ1v) is 10.6. The summed E-state index contributed by atoms with van der Waals surface area (Å²) in [5.41, 5.74) is 9.03. The zero-order valence-electron chi connectivity index (χ0n) is 18.0. The highest BCUT2D eigenvalue weighted by Gasteiger charge is 2.28. The number of hydrazine groups is 2. The van der Waals surface area contributed by atoms with E-state index in [0.29, 0.717) is 23.6 Å². The van der Waals surface area contributed by atoms with Crippen LogP contribution in [0.25, 0.3) is 22.2 Å². The van der Waals surface area contributed by atoms with E-state index >= 15 is 0 Å². The molecule has 3 N–H and O–H groups in total. The zero-order chi connectivity index (χ0) is 24.6. The summed E-state index contributed by atoms with van der Waals surface area (Å²) in [6, 6.07) is 16.9. The highest BCUT2D eigenvalue weighted by Crippen LogP contribution is 2.32. The minimum Gasteiger partial charge on any atom is -0.343 e. The molecular formula is C24H18F4N6O. The summed E-state index contributed by atoms with van der Waals surface area (Å²) in [6.07, 6.45) is -2.85. The molecule has 0 radical (unpaired) electrons. The first-order chi connectivity index (χ1) is 16.8. The summed E-state index contributed by atoms with van der Waals surface area (Å²) in [5, 5.41) is 4.47. The molecule has 0 spiro atoms. The monoisotopic (exact) mass is 482 g/mol. The van der Waals surface area contributed by atoms with E-state index in [1.807, 2.05) is 30.3 Å². The Kier molecular flexibility index (Phi) is 5.69. The van der Waals surface area contributed by atoms with E-state index in [-0.39, 0.29) is 0 Å². The summed E-state index contributed by atoms with van der Waals surface area (Å²) in [7, 11) is 0. The lowest BCUT2D eigenvalue weighted by atomic mass is 10.1. The number of carbonyl (C=O) groups excluding carboxylic acids is 1. The summed E-state index contributed by atoms with van der Waals surface area (Å²) < 4.78 is 51.6. The quantitative estimate of drug-likeness (QED) is 0.362. The summed E-state index contributed by atoms with van der Waals surface area (Å²) in [5.74, 6) is -1.50. The van der Waals surface area contributed by atoms with E-state index in [4.69, 9.17) is 0 Å². The number of benzene rings is 2. The number of aromatic nitrogens is 2. The molecule has 5 rings (SSSR count). The Balaban J connectivity index is 1.36. The van der Waals surface area contributed by atoms with E-state index in [1.54, 1.807) is 28.7 Å². The van der Waals surface area contributed by atoms with Gasteiger partial charge in [-0.25, -0.2) is 9.37 Å². The number of hydrogen-bond acceptors (Lipinski definition) is 6. The Morgan fingerprint density at radius 3 is 2.71 bits per heavy atom. The van der Waals surface area contributed by atoms with Gasteiger partial charge in [0.2, 0.25) is 0 Å². The van der Waals surface area contributed by atoms with Crippen molar-refractivity contribution in [2.75, 3.05) is 17.0 Å². The molecule has 0 fully saturated rings. The van der Waals surface area contributed by atoms with Gasteiger partial charge in [0.15, 0.2) is 5.82 Å². The van der Waals surface area contributed by atoms with Crippen LogP contribution in [-0.2, 0) is 6.54 Å². The van der Waals surface area contributed by atoms with Crippen molar-refractivity contribution in [3.63, 3.8) is 0 Å². The Morgan fingerprint density at radius 1 is 1.06 bits per heavy atom. The van der Waals surface area contributed by atoms with E-state index in [9.17, 15) is 22.4 Å². The van der Waals surface area contributed by atoms with Crippen molar-refractivity contribution >= 4 is 28.3 Å². The van der Waals surface area contributed by atoms with Crippen molar-refractivity contribution < 1.29 is 22.4 Å². The van der Waals surface area contributed by atoms with E-state index in [1.165, 1.54) is 6.07 Å². The lowest BCUT2D eigenvalue weighted by Crippen LogP contribution is -2.35. The molecule has 35 heavy (non-hydrogen) atoms. The second-order valence-electron chi connectivity index (χ2n) is 7.91. The summed E-state index contributed by atoms with van der Waals surface area (Å²) in [4.78, 5) is 20.9. The predicted octanol–water partition coefficient (Wildman–Crippen LogP) is 4.58. The number of anilines is 2. The van der Waals surface area contributed by atoms with E-state index in [2.05, 4.69) is 20.9 Å². The van der Waals surface area contributed by atoms with Gasteiger partial charge in [0.1, 0.15) is 12.4 Å². The lowest BCUT2D eigenvalue weighted by molar-refractivity contribution is -0.123. The molecule has 2 aromatic heterocycles. The highest BCUT2D eigenvalue weighted by atomic mass is 19.4. The second-order valence-corrected chi connectivity index (χ2v) is 7.91. The molecule has 3 heterocycles. The Labute approximate surface area is 196 Å². The van der Waals surface area contributed by atoms with Crippen LogP contribution >= 0.6 is 0 Å². The molecule has 0 saturated heterocycles. The van der Waals surface area contributed by atoms with Gasteiger partial charge in [-0.1, -0.05) is 18.2 Å². The molecule has 1 aliphatic rings. The van der Waals surface area contributed by atoms with Gasteiger partial charge in [-0.15, -0.1) is 5.53 Å². The van der Waals surface area contributed by atoms with Crippen LogP contribution in [-0.4, -0.2) is 28.6 Å². The largest absolute Gasteiger partial charge is 0.405 e. The standard InChI is InChI=1S/C24H18F4N6O/c25-18-11-16(4-5-17(18)23(35)30-13-24(26,27)28)20-7-8-21-22(31-20)34(33-32-21)12-14-3-6-19-15(10-14)2-1-9-29-19/h1-11,32-33H,12-13H2,(H,30,35). The lowest BCUT2D eigenvalue weighted by Gasteiger charge is -2.17. The fourth-order valence-corrected chi connectivity index (χ4v) is 3.75. The van der Waals surface area contributed by atoms with Crippen LogP contribution in [0.5, 0.6) is 0 Å². The van der Waals surface area contributed by atoms with Crippen molar-refractivity contribution in [1.82, 2.24) is 20.8 Å². The Bertz CT molecular complexity index is 1430. The fourth-order valence-electron chi connectivity index (χ4n) is 3.75. The van der Waals surface area contributed by atoms with E-state index < -0.39 is 30.0 Å². The normalized spacial score (nSPS) is 13.0. The minimum absolute atomic E-state index is 0.376. The number of alkyl halides is 3. The molecule has 0 unspecified atom stereocenters.